The second kappa shape index (κ2) is 5.78. The lowest BCUT2D eigenvalue weighted by molar-refractivity contribution is 0.102. The molecule has 1 amide bonds. The van der Waals surface area contributed by atoms with Gasteiger partial charge in [-0.25, -0.2) is 9.97 Å². The van der Waals surface area contributed by atoms with Crippen LogP contribution in [0.4, 0.5) is 5.13 Å². The van der Waals surface area contributed by atoms with E-state index in [4.69, 9.17) is 9.47 Å². The summed E-state index contributed by atoms with van der Waals surface area (Å²) >= 11 is 2.85. The van der Waals surface area contributed by atoms with Gasteiger partial charge in [-0.05, 0) is 6.92 Å². The van der Waals surface area contributed by atoms with Gasteiger partial charge in [-0.15, -0.1) is 11.3 Å². The zero-order chi connectivity index (χ0) is 15.8. The topological polar surface area (TPSA) is 73.3 Å². The van der Waals surface area contributed by atoms with E-state index in [0.717, 1.165) is 27.4 Å². The number of carbonyl (C=O) groups excluding carboxylic acids is 1. The Kier molecular flexibility index (Phi) is 3.62. The highest BCUT2D eigenvalue weighted by Gasteiger charge is 2.16. The molecule has 118 valence electrons. The average molecular weight is 347 g/mol. The van der Waals surface area contributed by atoms with E-state index in [1.54, 1.807) is 5.38 Å². The average Bonchev–Trinajstić information content (AvgIpc) is 3.04. The van der Waals surface area contributed by atoms with Crippen molar-refractivity contribution in [2.75, 3.05) is 18.5 Å². The minimum absolute atomic E-state index is 0.248. The number of nitrogens with zero attached hydrogens (tertiary/aromatic N) is 2. The van der Waals surface area contributed by atoms with Gasteiger partial charge in [0.15, 0.2) is 16.6 Å². The minimum atomic E-state index is -0.248. The van der Waals surface area contributed by atoms with Crippen molar-refractivity contribution in [2.45, 2.75) is 13.3 Å². The van der Waals surface area contributed by atoms with E-state index >= 15 is 0 Å². The fourth-order valence-corrected chi connectivity index (χ4v) is 3.73. The lowest BCUT2D eigenvalue weighted by Gasteiger charge is -2.05. The lowest BCUT2D eigenvalue weighted by atomic mass is 10.3. The van der Waals surface area contributed by atoms with Crippen LogP contribution < -0.4 is 14.8 Å². The highest BCUT2D eigenvalue weighted by Crippen LogP contribution is 2.37. The van der Waals surface area contributed by atoms with Crippen molar-refractivity contribution >= 4 is 43.9 Å². The van der Waals surface area contributed by atoms with E-state index in [0.29, 0.717) is 29.8 Å². The van der Waals surface area contributed by atoms with Crippen LogP contribution in [-0.4, -0.2) is 29.1 Å². The highest BCUT2D eigenvalue weighted by molar-refractivity contribution is 7.22. The van der Waals surface area contributed by atoms with Crippen molar-refractivity contribution < 1.29 is 14.3 Å². The van der Waals surface area contributed by atoms with Gasteiger partial charge < -0.3 is 9.47 Å². The van der Waals surface area contributed by atoms with Gasteiger partial charge in [0.1, 0.15) is 5.69 Å². The highest BCUT2D eigenvalue weighted by atomic mass is 32.1. The monoisotopic (exact) mass is 347 g/mol. The SMILES string of the molecule is Cc1nc(C(=O)Nc2nc3cc4c(cc3s2)OCCCO4)cs1. The molecule has 23 heavy (non-hydrogen) atoms. The number of hydrogen-bond acceptors (Lipinski definition) is 7. The second-order valence-electron chi connectivity index (χ2n) is 5.04. The summed E-state index contributed by atoms with van der Waals surface area (Å²) in [5.41, 5.74) is 1.19. The first-order valence-electron chi connectivity index (χ1n) is 7.13. The standard InChI is InChI=1S/C15H13N3O3S2/c1-8-16-10(7-22-8)14(19)18-15-17-9-5-11-12(6-13(9)23-15)21-4-2-3-20-11/h5-7H,2-4H2,1H3,(H,17,18,19). The summed E-state index contributed by atoms with van der Waals surface area (Å²) in [5.74, 6) is 1.18. The number of hydrogen-bond donors (Lipinski definition) is 1. The van der Waals surface area contributed by atoms with Gasteiger partial charge in [0.05, 0.1) is 28.4 Å². The molecule has 1 aliphatic rings. The molecule has 0 bridgehead atoms. The number of nitrogens with one attached hydrogen (secondary N) is 1. The summed E-state index contributed by atoms with van der Waals surface area (Å²) < 4.78 is 12.3. The van der Waals surface area contributed by atoms with E-state index < -0.39 is 0 Å². The normalized spacial score (nSPS) is 13.8. The van der Waals surface area contributed by atoms with E-state index in [9.17, 15) is 4.79 Å². The number of rotatable bonds is 2. The number of ether oxygens (including phenoxy) is 2. The van der Waals surface area contributed by atoms with Crippen LogP contribution in [0.25, 0.3) is 10.2 Å². The summed E-state index contributed by atoms with van der Waals surface area (Å²) in [4.78, 5) is 20.8. The van der Waals surface area contributed by atoms with Gasteiger partial charge in [0, 0.05) is 23.9 Å². The number of amides is 1. The van der Waals surface area contributed by atoms with Crippen molar-refractivity contribution in [3.05, 3.63) is 28.2 Å². The van der Waals surface area contributed by atoms with Crippen LogP contribution in [0.5, 0.6) is 11.5 Å². The summed E-state index contributed by atoms with van der Waals surface area (Å²) in [6.07, 6.45) is 0.865. The molecular formula is C15H13N3O3S2. The second-order valence-corrected chi connectivity index (χ2v) is 7.13. The number of aryl methyl sites for hydroxylation is 1. The van der Waals surface area contributed by atoms with Crippen LogP contribution >= 0.6 is 22.7 Å². The van der Waals surface area contributed by atoms with Gasteiger partial charge in [-0.2, -0.15) is 0 Å². The molecular weight excluding hydrogens is 334 g/mol. The van der Waals surface area contributed by atoms with E-state index in [1.165, 1.54) is 22.7 Å². The fraction of sp³-hybridized carbons (Fsp3) is 0.267. The Morgan fingerprint density at radius 2 is 2.00 bits per heavy atom. The Morgan fingerprint density at radius 1 is 1.22 bits per heavy atom. The summed E-state index contributed by atoms with van der Waals surface area (Å²) in [7, 11) is 0. The molecule has 3 heterocycles. The lowest BCUT2D eigenvalue weighted by Crippen LogP contribution is -2.11. The summed E-state index contributed by atoms with van der Waals surface area (Å²) in [6.45, 7) is 3.14. The van der Waals surface area contributed by atoms with E-state index in [1.807, 2.05) is 19.1 Å². The molecule has 6 nitrogen and oxygen atoms in total. The van der Waals surface area contributed by atoms with Crippen LogP contribution in [0.1, 0.15) is 21.9 Å². The number of fused-ring (bicyclic) bond motifs is 2. The first kappa shape index (κ1) is 14.4. The van der Waals surface area contributed by atoms with Crippen LogP contribution in [0.3, 0.4) is 0 Å². The van der Waals surface area contributed by atoms with Gasteiger partial charge in [0.25, 0.3) is 5.91 Å². The Balaban J connectivity index is 1.62. The molecule has 0 saturated carbocycles. The molecule has 8 heteroatoms. The van der Waals surface area contributed by atoms with Crippen LogP contribution in [0.15, 0.2) is 17.5 Å². The molecule has 1 aromatic carbocycles. The van der Waals surface area contributed by atoms with Crippen molar-refractivity contribution in [1.82, 2.24) is 9.97 Å². The molecule has 0 saturated heterocycles. The summed E-state index contributed by atoms with van der Waals surface area (Å²) in [6, 6.07) is 3.77. The van der Waals surface area contributed by atoms with Gasteiger partial charge in [-0.3, -0.25) is 10.1 Å². The Bertz CT molecular complexity index is 844. The maximum Gasteiger partial charge on any atom is 0.276 e. The largest absolute Gasteiger partial charge is 0.490 e. The van der Waals surface area contributed by atoms with E-state index in [-0.39, 0.29) is 5.91 Å². The predicted octanol–water partition coefficient (Wildman–Crippen LogP) is 3.47. The first-order chi connectivity index (χ1) is 11.2. The van der Waals surface area contributed by atoms with Crippen molar-refractivity contribution in [3.8, 4) is 11.5 Å². The van der Waals surface area contributed by atoms with Crippen LogP contribution in [-0.2, 0) is 0 Å². The molecule has 0 spiro atoms. The number of anilines is 1. The van der Waals surface area contributed by atoms with Crippen LogP contribution in [0, 0.1) is 6.92 Å². The van der Waals surface area contributed by atoms with E-state index in [2.05, 4.69) is 15.3 Å². The molecule has 0 atom stereocenters. The third kappa shape index (κ3) is 2.87. The third-order valence-electron chi connectivity index (χ3n) is 3.33. The molecule has 0 unspecified atom stereocenters. The minimum Gasteiger partial charge on any atom is -0.490 e. The number of benzene rings is 1. The number of carbonyl (C=O) groups is 1. The maximum atomic E-state index is 12.2. The Hall–Kier alpha value is -2.19. The smallest absolute Gasteiger partial charge is 0.276 e. The number of aromatic nitrogens is 2. The first-order valence-corrected chi connectivity index (χ1v) is 8.82. The zero-order valence-corrected chi connectivity index (χ0v) is 13.9. The molecule has 3 aromatic rings. The van der Waals surface area contributed by atoms with Gasteiger partial charge >= 0.3 is 0 Å². The van der Waals surface area contributed by atoms with Gasteiger partial charge in [0.2, 0.25) is 0 Å². The third-order valence-corrected chi connectivity index (χ3v) is 5.04. The van der Waals surface area contributed by atoms with Crippen molar-refractivity contribution in [1.29, 1.82) is 0 Å². The Labute approximate surface area is 140 Å². The molecule has 1 N–H and O–H groups in total. The fourth-order valence-electron chi connectivity index (χ4n) is 2.27. The predicted molar refractivity (Wildman–Crippen MR) is 90.0 cm³/mol. The van der Waals surface area contributed by atoms with Gasteiger partial charge in [-0.1, -0.05) is 11.3 Å². The summed E-state index contributed by atoms with van der Waals surface area (Å²) in [5, 5.41) is 5.93. The molecule has 1 aliphatic heterocycles. The number of thiazole rings is 2. The molecule has 2 aromatic heterocycles. The Morgan fingerprint density at radius 3 is 2.74 bits per heavy atom. The molecule has 0 radical (unpaired) electrons. The quantitative estimate of drug-likeness (QED) is 0.768. The maximum absolute atomic E-state index is 12.2. The van der Waals surface area contributed by atoms with Crippen LogP contribution in [0.2, 0.25) is 0 Å². The zero-order valence-electron chi connectivity index (χ0n) is 12.3. The molecule has 4 rings (SSSR count). The molecule has 0 fully saturated rings. The van der Waals surface area contributed by atoms with Crippen molar-refractivity contribution in [2.24, 2.45) is 0 Å². The molecule has 0 aliphatic carbocycles. The van der Waals surface area contributed by atoms with Crippen molar-refractivity contribution in [3.63, 3.8) is 0 Å².